The van der Waals surface area contributed by atoms with Gasteiger partial charge in [0, 0.05) is 56.7 Å². The Morgan fingerprint density at radius 2 is 0.810 bits per heavy atom. The largest absolute Gasteiger partial charge is 0.462 e. The second kappa shape index (κ2) is 19.4. The number of carbonyl (C=O) groups is 2. The number of ether oxygens (including phenoxy) is 2. The molecule has 0 fully saturated rings. The molecule has 6 heteroatoms. The molecule has 6 nitrogen and oxygen atoms in total. The topological polar surface area (TPSA) is 62.5 Å². The number of rotatable bonds is 20. The molecule has 2 heterocycles. The molecule has 0 aliphatic rings. The van der Waals surface area contributed by atoms with E-state index in [4.69, 9.17) is 9.47 Å². The zero-order valence-electron chi connectivity index (χ0n) is 35.1. The van der Waals surface area contributed by atoms with Crippen LogP contribution in [0.2, 0.25) is 0 Å². The van der Waals surface area contributed by atoms with Crippen molar-refractivity contribution in [1.82, 2.24) is 9.13 Å². The molecular formula is C52H60N2O4. The maximum atomic E-state index is 13.9. The SMILES string of the molecule is CCCCCCCCn1c2ccccc2c2cc(-c3cc(C(=O)OCC)c(-c4ccc5c(c4)c4ccccc4n5CCCCCCCC)cc3C(=O)OCC)ccc21. The van der Waals surface area contributed by atoms with Crippen molar-refractivity contribution in [3.8, 4) is 22.3 Å². The third-order valence-electron chi connectivity index (χ3n) is 11.8. The molecule has 0 saturated carbocycles. The van der Waals surface area contributed by atoms with Gasteiger partial charge in [0.2, 0.25) is 0 Å². The van der Waals surface area contributed by atoms with Crippen molar-refractivity contribution in [3.05, 3.63) is 108 Å². The Balaban J connectivity index is 1.33. The van der Waals surface area contributed by atoms with Crippen LogP contribution in [-0.4, -0.2) is 34.3 Å². The number of hydrogen-bond donors (Lipinski definition) is 0. The number of benzene rings is 5. The summed E-state index contributed by atoms with van der Waals surface area (Å²) in [5.41, 5.74) is 8.60. The number of para-hydroxylation sites is 2. The Morgan fingerprint density at radius 1 is 0.431 bits per heavy atom. The maximum Gasteiger partial charge on any atom is 0.338 e. The smallest absolute Gasteiger partial charge is 0.338 e. The lowest BCUT2D eigenvalue weighted by Gasteiger charge is -2.17. The van der Waals surface area contributed by atoms with Gasteiger partial charge in [-0.25, -0.2) is 9.59 Å². The fraction of sp³-hybridized carbons (Fsp3) is 0.385. The summed E-state index contributed by atoms with van der Waals surface area (Å²) in [6.07, 6.45) is 14.9. The van der Waals surface area contributed by atoms with Crippen LogP contribution < -0.4 is 0 Å². The van der Waals surface area contributed by atoms with E-state index in [1.165, 1.54) is 97.0 Å². The molecule has 0 amide bonds. The van der Waals surface area contributed by atoms with Crippen LogP contribution in [0.5, 0.6) is 0 Å². The number of aryl methyl sites for hydroxylation is 2. The van der Waals surface area contributed by atoms with Crippen molar-refractivity contribution in [2.75, 3.05) is 13.2 Å². The highest BCUT2D eigenvalue weighted by Gasteiger charge is 2.24. The second-order valence-corrected chi connectivity index (χ2v) is 15.7. The van der Waals surface area contributed by atoms with Crippen LogP contribution in [0.1, 0.15) is 125 Å². The maximum absolute atomic E-state index is 13.9. The van der Waals surface area contributed by atoms with Crippen LogP contribution in [0.15, 0.2) is 97.1 Å². The number of nitrogens with zero attached hydrogens (tertiary/aromatic N) is 2. The summed E-state index contributed by atoms with van der Waals surface area (Å²) in [4.78, 5) is 27.9. The number of hydrogen-bond acceptors (Lipinski definition) is 4. The monoisotopic (exact) mass is 776 g/mol. The van der Waals surface area contributed by atoms with E-state index in [0.29, 0.717) is 22.3 Å². The van der Waals surface area contributed by atoms with E-state index in [0.717, 1.165) is 47.8 Å². The van der Waals surface area contributed by atoms with Gasteiger partial charge in [0.25, 0.3) is 0 Å². The first kappa shape index (κ1) is 40.8. The first-order valence-electron chi connectivity index (χ1n) is 22.0. The molecule has 0 saturated heterocycles. The first-order valence-corrected chi connectivity index (χ1v) is 22.0. The van der Waals surface area contributed by atoms with Gasteiger partial charge in [-0.05, 0) is 97.5 Å². The minimum Gasteiger partial charge on any atom is -0.462 e. The first-order chi connectivity index (χ1) is 28.5. The molecule has 0 N–H and O–H groups in total. The summed E-state index contributed by atoms with van der Waals surface area (Å²) < 4.78 is 16.3. The lowest BCUT2D eigenvalue weighted by atomic mass is 9.89. The second-order valence-electron chi connectivity index (χ2n) is 15.7. The van der Waals surface area contributed by atoms with Crippen LogP contribution >= 0.6 is 0 Å². The fourth-order valence-electron chi connectivity index (χ4n) is 8.86. The highest BCUT2D eigenvalue weighted by molar-refractivity contribution is 6.13. The fourth-order valence-corrected chi connectivity index (χ4v) is 8.86. The Morgan fingerprint density at radius 3 is 1.22 bits per heavy atom. The molecule has 7 rings (SSSR count). The van der Waals surface area contributed by atoms with Crippen LogP contribution in [-0.2, 0) is 22.6 Å². The van der Waals surface area contributed by atoms with Crippen LogP contribution in [0.4, 0.5) is 0 Å². The predicted molar refractivity (Wildman–Crippen MR) is 242 cm³/mol. The number of aromatic nitrogens is 2. The lowest BCUT2D eigenvalue weighted by Crippen LogP contribution is -2.12. The van der Waals surface area contributed by atoms with Crippen molar-refractivity contribution in [2.45, 2.75) is 118 Å². The molecule has 2 aromatic heterocycles. The number of unbranched alkanes of at least 4 members (excludes halogenated alkanes) is 10. The van der Waals surface area contributed by atoms with Gasteiger partial charge in [0.1, 0.15) is 0 Å². The molecule has 0 atom stereocenters. The summed E-state index contributed by atoms with van der Waals surface area (Å²) in [5.74, 6) is -0.840. The zero-order chi connectivity index (χ0) is 40.4. The molecule has 5 aromatic carbocycles. The van der Waals surface area contributed by atoms with E-state index in [9.17, 15) is 9.59 Å². The lowest BCUT2D eigenvalue weighted by molar-refractivity contribution is 0.0513. The Hall–Kier alpha value is -5.36. The van der Waals surface area contributed by atoms with Gasteiger partial charge in [0.15, 0.2) is 0 Å². The number of carbonyl (C=O) groups excluding carboxylic acids is 2. The van der Waals surface area contributed by atoms with Gasteiger partial charge in [-0.15, -0.1) is 0 Å². The molecule has 0 bridgehead atoms. The summed E-state index contributed by atoms with van der Waals surface area (Å²) in [7, 11) is 0. The molecule has 0 aliphatic carbocycles. The highest BCUT2D eigenvalue weighted by atomic mass is 16.5. The molecule has 0 aliphatic heterocycles. The standard InChI is InChI=1S/C52H60N2O4/c1-5-9-11-13-15-21-31-53-47-25-19-17-23-39(47)43-33-37(27-29-49(43)53)41-35-46(52(56)58-8-4)42(36-45(41)51(55)57-7-3)38-28-30-50-44(34-38)40-24-18-20-26-48(40)54(50)32-22-16-14-12-10-6-2/h17-20,23-30,33-36H,5-16,21-22,31-32H2,1-4H3. The quantitative estimate of drug-likeness (QED) is 0.0571. The van der Waals surface area contributed by atoms with Gasteiger partial charge in [0.05, 0.1) is 24.3 Å². The van der Waals surface area contributed by atoms with E-state index >= 15 is 0 Å². The molecule has 0 radical (unpaired) electrons. The van der Waals surface area contributed by atoms with Gasteiger partial charge < -0.3 is 18.6 Å². The van der Waals surface area contributed by atoms with Crippen molar-refractivity contribution in [1.29, 1.82) is 0 Å². The van der Waals surface area contributed by atoms with Crippen LogP contribution in [0, 0.1) is 0 Å². The van der Waals surface area contributed by atoms with E-state index in [-0.39, 0.29) is 13.2 Å². The number of esters is 2. The van der Waals surface area contributed by atoms with E-state index < -0.39 is 11.9 Å². The zero-order valence-corrected chi connectivity index (χ0v) is 35.1. The Kier molecular flexibility index (Phi) is 13.6. The van der Waals surface area contributed by atoms with Gasteiger partial charge in [-0.1, -0.05) is 127 Å². The molecular weight excluding hydrogens is 717 g/mol. The molecule has 7 aromatic rings. The van der Waals surface area contributed by atoms with Crippen LogP contribution in [0.3, 0.4) is 0 Å². The van der Waals surface area contributed by atoms with Crippen LogP contribution in [0.25, 0.3) is 65.9 Å². The average Bonchev–Trinajstić information content (AvgIpc) is 3.74. The molecule has 302 valence electrons. The summed E-state index contributed by atoms with van der Waals surface area (Å²) in [6, 6.07) is 33.7. The normalized spacial score (nSPS) is 11.7. The summed E-state index contributed by atoms with van der Waals surface area (Å²) in [6.45, 7) is 10.5. The van der Waals surface area contributed by atoms with Crippen molar-refractivity contribution < 1.29 is 19.1 Å². The minimum absolute atomic E-state index is 0.238. The molecule has 0 unspecified atom stereocenters. The average molecular weight is 777 g/mol. The third kappa shape index (κ3) is 8.57. The predicted octanol–water partition coefficient (Wildman–Crippen LogP) is 14.3. The van der Waals surface area contributed by atoms with Crippen molar-refractivity contribution in [3.63, 3.8) is 0 Å². The number of fused-ring (bicyclic) bond motifs is 6. The minimum atomic E-state index is -0.420. The molecule has 58 heavy (non-hydrogen) atoms. The van der Waals surface area contributed by atoms with E-state index in [1.54, 1.807) is 0 Å². The third-order valence-corrected chi connectivity index (χ3v) is 11.8. The summed E-state index contributed by atoms with van der Waals surface area (Å²) >= 11 is 0. The van der Waals surface area contributed by atoms with Crippen molar-refractivity contribution in [2.24, 2.45) is 0 Å². The van der Waals surface area contributed by atoms with Gasteiger partial charge in [-0.2, -0.15) is 0 Å². The summed E-state index contributed by atoms with van der Waals surface area (Å²) in [5, 5.41) is 4.60. The molecule has 0 spiro atoms. The highest BCUT2D eigenvalue weighted by Crippen LogP contribution is 2.39. The van der Waals surface area contributed by atoms with E-state index in [1.807, 2.05) is 26.0 Å². The Labute approximate surface area is 344 Å². The Bertz CT molecular complexity index is 2350. The van der Waals surface area contributed by atoms with Gasteiger partial charge in [-0.3, -0.25) is 0 Å². The van der Waals surface area contributed by atoms with Gasteiger partial charge >= 0.3 is 11.9 Å². The van der Waals surface area contributed by atoms with Crippen molar-refractivity contribution >= 4 is 55.6 Å². The van der Waals surface area contributed by atoms with E-state index in [2.05, 4.69) is 108 Å².